The number of nitrogens with one attached hydrogen (secondary N) is 1. The van der Waals surface area contributed by atoms with Crippen LogP contribution >= 0.6 is 0 Å². The summed E-state index contributed by atoms with van der Waals surface area (Å²) in [7, 11) is 0. The smallest absolute Gasteiger partial charge is 0.220 e. The fourth-order valence-electron chi connectivity index (χ4n) is 7.72. The summed E-state index contributed by atoms with van der Waals surface area (Å²) < 4.78 is 5.45. The van der Waals surface area contributed by atoms with Crippen molar-refractivity contribution in [1.82, 2.24) is 5.32 Å². The standard InChI is InChI=1S/C23H31NO3/c1-22-11-9-16-14(5-8-19-23(16,2)12-10-20(25)24-19)15(22)6-7-17(22)21(26)18-4-3-13-27-18/h3-4,13-17,19H,5-12H2,1-2H3,(H,24,25)/t14-,15-,16-,17+,19+,22-,23+/m0/s1. The zero-order valence-corrected chi connectivity index (χ0v) is 16.5. The number of rotatable bonds is 2. The lowest BCUT2D eigenvalue weighted by molar-refractivity contribution is -0.136. The number of carbonyl (C=O) groups excluding carboxylic acids is 2. The molecule has 1 amide bonds. The van der Waals surface area contributed by atoms with Gasteiger partial charge in [0.1, 0.15) is 0 Å². The summed E-state index contributed by atoms with van der Waals surface area (Å²) in [6.45, 7) is 4.81. The number of fused-ring (bicyclic) bond motifs is 5. The summed E-state index contributed by atoms with van der Waals surface area (Å²) >= 11 is 0. The predicted octanol–water partition coefficient (Wildman–Crippen LogP) is 4.60. The second kappa shape index (κ2) is 5.96. The van der Waals surface area contributed by atoms with Crippen molar-refractivity contribution in [2.24, 2.45) is 34.5 Å². The number of carbonyl (C=O) groups is 2. The topological polar surface area (TPSA) is 59.3 Å². The Kier molecular flexibility index (Phi) is 3.86. The molecule has 1 N–H and O–H groups in total. The molecule has 4 aliphatic rings. The Labute approximate surface area is 161 Å². The molecule has 0 bridgehead atoms. The van der Waals surface area contributed by atoms with Gasteiger partial charge in [0.15, 0.2) is 5.76 Å². The van der Waals surface area contributed by atoms with Crippen LogP contribution in [0, 0.1) is 34.5 Å². The fraction of sp³-hybridized carbons (Fsp3) is 0.739. The molecule has 3 saturated carbocycles. The highest BCUT2D eigenvalue weighted by Gasteiger charge is 2.61. The molecular weight excluding hydrogens is 338 g/mol. The number of Topliss-reactive ketones (excluding diaryl/α,β-unsaturated/α-hetero) is 1. The SMILES string of the molecule is C[C@]12CCC(=O)N[C@@H]1CC[C@@H]1[C@@H]2CC[C@]2(C)[C@@H](C(=O)c3ccco3)CC[C@@H]12. The van der Waals surface area contributed by atoms with Gasteiger partial charge in [-0.2, -0.15) is 0 Å². The zero-order valence-electron chi connectivity index (χ0n) is 16.5. The lowest BCUT2D eigenvalue weighted by Gasteiger charge is -2.60. The molecule has 0 unspecified atom stereocenters. The first-order valence-electron chi connectivity index (χ1n) is 10.8. The molecule has 5 rings (SSSR count). The number of furan rings is 1. The number of hydrogen-bond donors (Lipinski definition) is 1. The first kappa shape index (κ1) is 17.5. The molecule has 3 aliphatic carbocycles. The summed E-state index contributed by atoms with van der Waals surface area (Å²) in [5, 5.41) is 3.30. The maximum Gasteiger partial charge on any atom is 0.220 e. The van der Waals surface area contributed by atoms with E-state index in [4.69, 9.17) is 4.42 Å². The second-order valence-electron chi connectivity index (χ2n) is 10.1. The summed E-state index contributed by atoms with van der Waals surface area (Å²) in [6, 6.07) is 3.99. The summed E-state index contributed by atoms with van der Waals surface area (Å²) in [6.07, 6.45) is 10.1. The van der Waals surface area contributed by atoms with E-state index in [0.717, 1.165) is 25.7 Å². The van der Waals surface area contributed by atoms with E-state index < -0.39 is 0 Å². The van der Waals surface area contributed by atoms with Crippen LogP contribution in [-0.2, 0) is 4.79 Å². The van der Waals surface area contributed by atoms with E-state index in [2.05, 4.69) is 19.2 Å². The van der Waals surface area contributed by atoms with Crippen molar-refractivity contribution < 1.29 is 14.0 Å². The first-order valence-corrected chi connectivity index (χ1v) is 10.8. The predicted molar refractivity (Wildman–Crippen MR) is 102 cm³/mol. The second-order valence-corrected chi connectivity index (χ2v) is 10.1. The van der Waals surface area contributed by atoms with Gasteiger partial charge in [-0.3, -0.25) is 9.59 Å². The zero-order chi connectivity index (χ0) is 18.8. The highest BCUT2D eigenvalue weighted by atomic mass is 16.3. The fourth-order valence-corrected chi connectivity index (χ4v) is 7.72. The van der Waals surface area contributed by atoms with Crippen LogP contribution in [0.25, 0.3) is 0 Å². The Morgan fingerprint density at radius 3 is 2.67 bits per heavy atom. The van der Waals surface area contributed by atoms with Crippen LogP contribution in [0.5, 0.6) is 0 Å². The van der Waals surface area contributed by atoms with Gasteiger partial charge < -0.3 is 9.73 Å². The highest BCUT2D eigenvalue weighted by molar-refractivity contribution is 5.96. The van der Waals surface area contributed by atoms with Crippen LogP contribution in [0.4, 0.5) is 0 Å². The van der Waals surface area contributed by atoms with Gasteiger partial charge in [0.2, 0.25) is 11.7 Å². The molecular formula is C23H31NO3. The van der Waals surface area contributed by atoms with Gasteiger partial charge in [0, 0.05) is 18.4 Å². The van der Waals surface area contributed by atoms with E-state index in [1.165, 1.54) is 19.3 Å². The van der Waals surface area contributed by atoms with Crippen LogP contribution < -0.4 is 5.32 Å². The highest BCUT2D eigenvalue weighted by Crippen LogP contribution is 2.65. The van der Waals surface area contributed by atoms with Gasteiger partial charge in [-0.15, -0.1) is 0 Å². The first-order chi connectivity index (χ1) is 12.9. The van der Waals surface area contributed by atoms with Gasteiger partial charge in [-0.1, -0.05) is 13.8 Å². The molecule has 146 valence electrons. The number of ketones is 1. The molecule has 0 aromatic carbocycles. The quantitative estimate of drug-likeness (QED) is 0.775. The van der Waals surface area contributed by atoms with Crippen molar-refractivity contribution in [2.45, 2.75) is 71.3 Å². The minimum Gasteiger partial charge on any atom is -0.461 e. The minimum absolute atomic E-state index is 0.103. The Hall–Kier alpha value is -1.58. The molecule has 0 radical (unpaired) electrons. The van der Waals surface area contributed by atoms with E-state index in [-0.39, 0.29) is 28.4 Å². The van der Waals surface area contributed by atoms with Gasteiger partial charge in [-0.05, 0) is 85.7 Å². The van der Waals surface area contributed by atoms with Gasteiger partial charge in [0.05, 0.1) is 6.26 Å². The Morgan fingerprint density at radius 2 is 1.89 bits per heavy atom. The maximum atomic E-state index is 13.1. The number of piperidine rings is 1. The molecule has 4 nitrogen and oxygen atoms in total. The summed E-state index contributed by atoms with van der Waals surface area (Å²) in [5.41, 5.74) is 0.341. The molecule has 1 saturated heterocycles. The van der Waals surface area contributed by atoms with E-state index in [1.807, 2.05) is 12.1 Å². The van der Waals surface area contributed by atoms with Crippen molar-refractivity contribution in [3.8, 4) is 0 Å². The Balaban J connectivity index is 1.42. The molecule has 7 atom stereocenters. The molecule has 2 heterocycles. The molecule has 1 aromatic heterocycles. The van der Waals surface area contributed by atoms with Crippen molar-refractivity contribution in [3.63, 3.8) is 0 Å². The van der Waals surface area contributed by atoms with Crippen LogP contribution in [0.2, 0.25) is 0 Å². The monoisotopic (exact) mass is 369 g/mol. The third-order valence-corrected chi connectivity index (χ3v) is 9.18. The van der Waals surface area contributed by atoms with Crippen molar-refractivity contribution in [2.75, 3.05) is 0 Å². The number of amides is 1. The van der Waals surface area contributed by atoms with Crippen LogP contribution in [0.3, 0.4) is 0 Å². The average Bonchev–Trinajstić information content (AvgIpc) is 3.29. The molecule has 27 heavy (non-hydrogen) atoms. The third-order valence-electron chi connectivity index (χ3n) is 9.18. The number of hydrogen-bond acceptors (Lipinski definition) is 3. The third kappa shape index (κ3) is 2.41. The lowest BCUT2D eigenvalue weighted by atomic mass is 9.47. The van der Waals surface area contributed by atoms with E-state index in [0.29, 0.717) is 36.0 Å². The molecule has 1 aliphatic heterocycles. The summed E-state index contributed by atoms with van der Waals surface area (Å²) in [5.74, 6) is 3.12. The molecule has 4 heteroatoms. The molecule has 0 spiro atoms. The van der Waals surface area contributed by atoms with Crippen LogP contribution in [0.15, 0.2) is 22.8 Å². The maximum absolute atomic E-state index is 13.1. The lowest BCUT2D eigenvalue weighted by Crippen LogP contribution is -2.61. The van der Waals surface area contributed by atoms with E-state index in [9.17, 15) is 9.59 Å². The van der Waals surface area contributed by atoms with Crippen LogP contribution in [0.1, 0.15) is 75.8 Å². The Bertz CT molecular complexity index is 756. The van der Waals surface area contributed by atoms with E-state index in [1.54, 1.807) is 6.26 Å². The normalized spacial score (nSPS) is 46.1. The van der Waals surface area contributed by atoms with Gasteiger partial charge in [-0.25, -0.2) is 0 Å². The Morgan fingerprint density at radius 1 is 1.07 bits per heavy atom. The van der Waals surface area contributed by atoms with Crippen molar-refractivity contribution in [3.05, 3.63) is 24.2 Å². The largest absolute Gasteiger partial charge is 0.461 e. The molecule has 4 fully saturated rings. The van der Waals surface area contributed by atoms with Crippen molar-refractivity contribution >= 4 is 11.7 Å². The van der Waals surface area contributed by atoms with E-state index >= 15 is 0 Å². The van der Waals surface area contributed by atoms with Crippen LogP contribution in [-0.4, -0.2) is 17.7 Å². The average molecular weight is 370 g/mol. The minimum atomic E-state index is 0.103. The molecule has 1 aromatic rings. The van der Waals surface area contributed by atoms with Crippen molar-refractivity contribution in [1.29, 1.82) is 0 Å². The van der Waals surface area contributed by atoms with Gasteiger partial charge >= 0.3 is 0 Å². The van der Waals surface area contributed by atoms with Gasteiger partial charge in [0.25, 0.3) is 0 Å². The summed E-state index contributed by atoms with van der Waals surface area (Å²) in [4.78, 5) is 25.0.